The van der Waals surface area contributed by atoms with E-state index in [2.05, 4.69) is 12.1 Å². The third-order valence-electron chi connectivity index (χ3n) is 7.47. The van der Waals surface area contributed by atoms with Crippen LogP contribution in [0, 0.1) is 0 Å². The van der Waals surface area contributed by atoms with E-state index in [4.69, 9.17) is 5.73 Å². The fourth-order valence-electron chi connectivity index (χ4n) is 5.27. The van der Waals surface area contributed by atoms with Crippen molar-refractivity contribution in [1.82, 2.24) is 9.47 Å². The molecule has 0 bridgehead atoms. The van der Waals surface area contributed by atoms with Crippen LogP contribution in [0.15, 0.2) is 85.1 Å². The average molecular weight is 498 g/mol. The van der Waals surface area contributed by atoms with Gasteiger partial charge < -0.3 is 25.4 Å². The van der Waals surface area contributed by atoms with Crippen molar-refractivity contribution in [3.05, 3.63) is 107 Å². The van der Waals surface area contributed by atoms with Gasteiger partial charge in [0.05, 0.1) is 6.54 Å². The number of fused-ring (bicyclic) bond motifs is 1. The Balaban J connectivity index is 1.34. The van der Waals surface area contributed by atoms with E-state index in [1.54, 1.807) is 47.2 Å². The average Bonchev–Trinajstić information content (AvgIpc) is 3.34. The summed E-state index contributed by atoms with van der Waals surface area (Å²) in [5.74, 6) is -0.963. The molecule has 1 amide bonds. The van der Waals surface area contributed by atoms with Crippen LogP contribution in [-0.4, -0.2) is 44.6 Å². The zero-order valence-electron chi connectivity index (χ0n) is 20.6. The van der Waals surface area contributed by atoms with Gasteiger partial charge in [-0.3, -0.25) is 4.79 Å². The minimum atomic E-state index is -2.10. The maximum atomic E-state index is 13.4. The molecule has 2 heterocycles. The van der Waals surface area contributed by atoms with Gasteiger partial charge in [-0.2, -0.15) is 0 Å². The maximum Gasteiger partial charge on any atom is 0.342 e. The summed E-state index contributed by atoms with van der Waals surface area (Å²) >= 11 is 0. The third kappa shape index (κ3) is 4.88. The number of aliphatic carboxylic acids is 1. The zero-order chi connectivity index (χ0) is 26.0. The molecule has 0 radical (unpaired) electrons. The molecule has 190 valence electrons. The van der Waals surface area contributed by atoms with Crippen LogP contribution in [0.4, 0.5) is 0 Å². The van der Waals surface area contributed by atoms with Gasteiger partial charge >= 0.3 is 5.97 Å². The van der Waals surface area contributed by atoms with E-state index in [9.17, 15) is 19.8 Å². The predicted molar refractivity (Wildman–Crippen MR) is 142 cm³/mol. The predicted octanol–water partition coefficient (Wildman–Crippen LogP) is 4.09. The van der Waals surface area contributed by atoms with Crippen molar-refractivity contribution in [1.29, 1.82) is 0 Å². The lowest BCUT2D eigenvalue weighted by Crippen LogP contribution is -2.39. The molecule has 1 fully saturated rings. The number of benzene rings is 3. The molecule has 1 unspecified atom stereocenters. The highest BCUT2D eigenvalue weighted by atomic mass is 16.4. The number of hydrogen-bond donors (Lipinski definition) is 3. The monoisotopic (exact) mass is 497 g/mol. The molecule has 1 aliphatic rings. The van der Waals surface area contributed by atoms with E-state index >= 15 is 0 Å². The summed E-state index contributed by atoms with van der Waals surface area (Å²) in [4.78, 5) is 27.4. The Morgan fingerprint density at radius 3 is 2.41 bits per heavy atom. The van der Waals surface area contributed by atoms with Crippen LogP contribution in [0.25, 0.3) is 10.9 Å². The lowest BCUT2D eigenvalue weighted by atomic mass is 9.88. The Labute approximate surface area is 215 Å². The van der Waals surface area contributed by atoms with Gasteiger partial charge in [-0.1, -0.05) is 60.7 Å². The number of carbonyl (C=O) groups is 2. The molecule has 3 aromatic carbocycles. The van der Waals surface area contributed by atoms with E-state index in [1.807, 2.05) is 35.2 Å². The van der Waals surface area contributed by atoms with Gasteiger partial charge in [0.25, 0.3) is 5.91 Å². The van der Waals surface area contributed by atoms with E-state index < -0.39 is 11.6 Å². The summed E-state index contributed by atoms with van der Waals surface area (Å²) in [6, 6.07) is 24.1. The van der Waals surface area contributed by atoms with Crippen LogP contribution in [-0.2, 0) is 23.5 Å². The first-order valence-electron chi connectivity index (χ1n) is 12.6. The first-order chi connectivity index (χ1) is 17.9. The molecule has 5 rings (SSSR count). The molecule has 1 atom stereocenters. The Morgan fingerprint density at radius 1 is 0.946 bits per heavy atom. The van der Waals surface area contributed by atoms with Crippen molar-refractivity contribution < 1.29 is 19.8 Å². The summed E-state index contributed by atoms with van der Waals surface area (Å²) in [6.45, 7) is 1.68. The van der Waals surface area contributed by atoms with Crippen LogP contribution in [0.3, 0.4) is 0 Å². The topological polar surface area (TPSA) is 109 Å². The number of nitrogens with zero attached hydrogens (tertiary/aromatic N) is 2. The van der Waals surface area contributed by atoms with E-state index in [0.717, 1.165) is 23.8 Å². The molecule has 37 heavy (non-hydrogen) atoms. The summed E-state index contributed by atoms with van der Waals surface area (Å²) in [6.07, 6.45) is 3.53. The second-order valence-corrected chi connectivity index (χ2v) is 9.76. The largest absolute Gasteiger partial charge is 0.479 e. The maximum absolute atomic E-state index is 13.4. The van der Waals surface area contributed by atoms with Crippen molar-refractivity contribution in [3.8, 4) is 0 Å². The lowest BCUT2D eigenvalue weighted by molar-refractivity contribution is -0.161. The molecule has 4 N–H and O–H groups in total. The Kier molecular flexibility index (Phi) is 6.82. The first kappa shape index (κ1) is 24.7. The Morgan fingerprint density at radius 2 is 1.70 bits per heavy atom. The van der Waals surface area contributed by atoms with Crippen LogP contribution in [0.1, 0.15) is 45.8 Å². The summed E-state index contributed by atoms with van der Waals surface area (Å²) in [5.41, 5.74) is 7.65. The van der Waals surface area contributed by atoms with Crippen molar-refractivity contribution in [2.75, 3.05) is 13.1 Å². The molecular weight excluding hydrogens is 466 g/mol. The fraction of sp³-hybridized carbons (Fsp3) is 0.267. The Bertz CT molecular complexity index is 1420. The summed E-state index contributed by atoms with van der Waals surface area (Å²) < 4.78 is 1.70. The molecule has 0 aliphatic carbocycles. The number of carbonyl (C=O) groups excluding carboxylic acids is 1. The van der Waals surface area contributed by atoms with Crippen LogP contribution >= 0.6 is 0 Å². The molecule has 4 aromatic rings. The van der Waals surface area contributed by atoms with Gasteiger partial charge in [-0.05, 0) is 59.0 Å². The van der Waals surface area contributed by atoms with Gasteiger partial charge in [0.15, 0.2) is 0 Å². The minimum Gasteiger partial charge on any atom is -0.479 e. The highest BCUT2D eigenvalue weighted by Crippen LogP contribution is 2.30. The van der Waals surface area contributed by atoms with Crippen LogP contribution < -0.4 is 5.73 Å². The second-order valence-electron chi connectivity index (χ2n) is 9.76. The number of aliphatic hydroxyl groups is 1. The highest BCUT2D eigenvalue weighted by molar-refractivity contribution is 5.98. The molecule has 0 spiro atoms. The highest BCUT2D eigenvalue weighted by Gasteiger charge is 2.38. The molecule has 1 aliphatic heterocycles. The summed E-state index contributed by atoms with van der Waals surface area (Å²) in [5, 5.41) is 21.9. The van der Waals surface area contributed by atoms with Gasteiger partial charge in [-0.15, -0.1) is 0 Å². The minimum absolute atomic E-state index is 0.0413. The number of nitrogens with two attached hydrogens (primary N) is 1. The number of rotatable bonds is 7. The first-order valence-corrected chi connectivity index (χ1v) is 12.6. The molecule has 7 nitrogen and oxygen atoms in total. The van der Waals surface area contributed by atoms with Crippen molar-refractivity contribution in [2.24, 2.45) is 5.73 Å². The van der Waals surface area contributed by atoms with Gasteiger partial charge in [-0.25, -0.2) is 4.79 Å². The van der Waals surface area contributed by atoms with Gasteiger partial charge in [0.2, 0.25) is 5.60 Å². The molecular formula is C30H31N3O4. The van der Waals surface area contributed by atoms with Crippen molar-refractivity contribution in [2.45, 2.75) is 37.5 Å². The van der Waals surface area contributed by atoms with E-state index in [0.29, 0.717) is 42.2 Å². The molecule has 1 saturated heterocycles. The number of hydrogen-bond acceptors (Lipinski definition) is 4. The van der Waals surface area contributed by atoms with E-state index in [1.165, 1.54) is 5.56 Å². The lowest BCUT2D eigenvalue weighted by Gasteiger charge is -2.32. The molecule has 1 aromatic heterocycles. The SMILES string of the molecule is NCc1cccc(C2CCN(C(=O)c3ccc4ccn(CC(O)(C(=O)O)c5ccccc5)c4c3)CC2)c1. The number of piperidine rings is 1. The number of amides is 1. The summed E-state index contributed by atoms with van der Waals surface area (Å²) in [7, 11) is 0. The number of likely N-dealkylation sites (tertiary alicyclic amines) is 1. The normalized spacial score (nSPS) is 16.0. The van der Waals surface area contributed by atoms with Gasteiger partial charge in [0, 0.05) is 36.9 Å². The Hall–Kier alpha value is -3.94. The quantitative estimate of drug-likeness (QED) is 0.356. The fourth-order valence-corrected chi connectivity index (χ4v) is 5.27. The van der Waals surface area contributed by atoms with Crippen LogP contribution in [0.5, 0.6) is 0 Å². The molecule has 7 heteroatoms. The smallest absolute Gasteiger partial charge is 0.342 e. The second kappa shape index (κ2) is 10.2. The van der Waals surface area contributed by atoms with Gasteiger partial charge in [0.1, 0.15) is 0 Å². The van der Waals surface area contributed by atoms with Crippen molar-refractivity contribution >= 4 is 22.8 Å². The van der Waals surface area contributed by atoms with E-state index in [-0.39, 0.29) is 12.5 Å². The van der Waals surface area contributed by atoms with Crippen LogP contribution in [0.2, 0.25) is 0 Å². The molecule has 0 saturated carbocycles. The number of aromatic nitrogens is 1. The number of carboxylic acids is 1. The zero-order valence-corrected chi connectivity index (χ0v) is 20.6. The third-order valence-corrected chi connectivity index (χ3v) is 7.47. The standard InChI is InChI=1S/C30H31N3O4/c31-19-21-5-4-6-24(17-21)22-11-14-32(15-12-22)28(34)25-10-9-23-13-16-33(27(23)18-25)20-30(37,29(35)36)26-7-2-1-3-8-26/h1-10,13,16-18,22,37H,11-12,14-15,19-20,31H2,(H,35,36). The van der Waals surface area contributed by atoms with Crippen molar-refractivity contribution in [3.63, 3.8) is 0 Å². The number of carboxylic acid groups (broad SMARTS) is 1.